The van der Waals surface area contributed by atoms with E-state index in [1.165, 1.54) is 0 Å². The van der Waals surface area contributed by atoms with Crippen molar-refractivity contribution in [2.75, 3.05) is 23.9 Å². The number of hydrogen-bond acceptors (Lipinski definition) is 4. The maximum absolute atomic E-state index is 13.3. The molecule has 2 atom stereocenters. The summed E-state index contributed by atoms with van der Waals surface area (Å²) in [5.74, 6) is 0.435. The smallest absolute Gasteiger partial charge is 0.247 e. The number of benzene rings is 2. The Labute approximate surface area is 153 Å². The number of methoxy groups -OCH3 is 1. The quantitative estimate of drug-likeness (QED) is 0.924. The summed E-state index contributed by atoms with van der Waals surface area (Å²) in [6.45, 7) is 0.886. The maximum atomic E-state index is 13.3. The molecule has 1 N–H and O–H groups in total. The highest BCUT2D eigenvalue weighted by Gasteiger charge is 2.53. The molecule has 2 heterocycles. The van der Waals surface area contributed by atoms with Crippen molar-refractivity contribution < 1.29 is 9.53 Å². The van der Waals surface area contributed by atoms with Gasteiger partial charge in [-0.15, -0.1) is 0 Å². The molecule has 0 aliphatic carbocycles. The standard InChI is InChI=1S/C21H21N3O2/c1-26-17-8-4-7-16(12-17)23-20(25)21(14-22)13-15-6-2-3-9-18(15)24-11-5-10-19(21)24/h2-4,6-9,12,19H,5,10-11,13H2,1H3,(H,23,25)/t19-,21+/m1/s1. The molecule has 26 heavy (non-hydrogen) atoms. The zero-order valence-electron chi connectivity index (χ0n) is 14.7. The Bertz CT molecular complexity index is 889. The second-order valence-corrected chi connectivity index (χ2v) is 6.93. The molecule has 0 unspecified atom stereocenters. The fourth-order valence-corrected chi connectivity index (χ4v) is 4.27. The summed E-state index contributed by atoms with van der Waals surface area (Å²) >= 11 is 0. The monoisotopic (exact) mass is 347 g/mol. The number of carbonyl (C=O) groups excluding carboxylic acids is 1. The summed E-state index contributed by atoms with van der Waals surface area (Å²) in [6, 6.07) is 17.6. The van der Waals surface area contributed by atoms with Crippen LogP contribution >= 0.6 is 0 Å². The minimum atomic E-state index is -1.09. The third-order valence-corrected chi connectivity index (χ3v) is 5.52. The molecule has 132 valence electrons. The predicted octanol–water partition coefficient (Wildman–Crippen LogP) is 3.37. The van der Waals surface area contributed by atoms with Crippen molar-refractivity contribution in [1.29, 1.82) is 5.26 Å². The first-order valence-corrected chi connectivity index (χ1v) is 8.89. The topological polar surface area (TPSA) is 65.4 Å². The fourth-order valence-electron chi connectivity index (χ4n) is 4.27. The lowest BCUT2D eigenvalue weighted by molar-refractivity contribution is -0.123. The van der Waals surface area contributed by atoms with Crippen molar-refractivity contribution in [1.82, 2.24) is 0 Å². The van der Waals surface area contributed by atoms with Crippen LogP contribution in [-0.4, -0.2) is 25.6 Å². The first kappa shape index (κ1) is 16.5. The largest absolute Gasteiger partial charge is 0.497 e. The molecule has 0 aromatic heterocycles. The number of anilines is 2. The molecular weight excluding hydrogens is 326 g/mol. The van der Waals surface area contributed by atoms with E-state index >= 15 is 0 Å². The van der Waals surface area contributed by atoms with E-state index in [0.717, 1.165) is 30.6 Å². The number of para-hydroxylation sites is 1. The molecule has 1 fully saturated rings. The van der Waals surface area contributed by atoms with Crippen molar-refractivity contribution in [3.05, 3.63) is 54.1 Å². The number of nitrogens with zero attached hydrogens (tertiary/aromatic N) is 2. The Morgan fingerprint density at radius 2 is 2.15 bits per heavy atom. The molecule has 5 nitrogen and oxygen atoms in total. The Kier molecular flexibility index (Phi) is 4.04. The summed E-state index contributed by atoms with van der Waals surface area (Å²) in [7, 11) is 1.59. The van der Waals surface area contributed by atoms with Gasteiger partial charge in [-0.1, -0.05) is 24.3 Å². The first-order valence-electron chi connectivity index (χ1n) is 8.89. The lowest BCUT2D eigenvalue weighted by Gasteiger charge is -2.43. The van der Waals surface area contributed by atoms with E-state index < -0.39 is 5.41 Å². The Morgan fingerprint density at radius 3 is 2.96 bits per heavy atom. The van der Waals surface area contributed by atoms with Crippen molar-refractivity contribution >= 4 is 17.3 Å². The predicted molar refractivity (Wildman–Crippen MR) is 100 cm³/mol. The third-order valence-electron chi connectivity index (χ3n) is 5.52. The molecule has 2 aliphatic heterocycles. The van der Waals surface area contributed by atoms with Gasteiger partial charge in [0.15, 0.2) is 5.41 Å². The van der Waals surface area contributed by atoms with Crippen LogP contribution < -0.4 is 15.0 Å². The van der Waals surface area contributed by atoms with Crippen molar-refractivity contribution in [2.24, 2.45) is 5.41 Å². The van der Waals surface area contributed by atoms with Gasteiger partial charge in [0.25, 0.3) is 0 Å². The van der Waals surface area contributed by atoms with Gasteiger partial charge in [0.05, 0.1) is 19.2 Å². The van der Waals surface area contributed by atoms with Gasteiger partial charge in [-0.2, -0.15) is 5.26 Å². The molecule has 4 rings (SSSR count). The molecule has 0 saturated carbocycles. The van der Waals surface area contributed by atoms with Crippen molar-refractivity contribution in [3.63, 3.8) is 0 Å². The van der Waals surface area contributed by atoms with E-state index in [1.54, 1.807) is 13.2 Å². The lowest BCUT2D eigenvalue weighted by Crippen LogP contribution is -2.55. The number of rotatable bonds is 3. The summed E-state index contributed by atoms with van der Waals surface area (Å²) in [5.41, 5.74) is 1.78. The van der Waals surface area contributed by atoms with E-state index in [-0.39, 0.29) is 11.9 Å². The average Bonchev–Trinajstić information content (AvgIpc) is 3.18. The number of fused-ring (bicyclic) bond motifs is 3. The number of nitrogens with one attached hydrogen (secondary N) is 1. The Balaban J connectivity index is 1.70. The summed E-state index contributed by atoms with van der Waals surface area (Å²) in [4.78, 5) is 15.5. The fraction of sp³-hybridized carbons (Fsp3) is 0.333. The molecule has 0 spiro atoms. The van der Waals surface area contributed by atoms with Crippen LogP contribution in [-0.2, 0) is 11.2 Å². The van der Waals surface area contributed by atoms with Gasteiger partial charge < -0.3 is 15.0 Å². The Morgan fingerprint density at radius 1 is 1.31 bits per heavy atom. The van der Waals surface area contributed by atoms with E-state index in [4.69, 9.17) is 4.74 Å². The molecule has 2 aromatic rings. The van der Waals surface area contributed by atoms with Gasteiger partial charge in [0.2, 0.25) is 5.91 Å². The summed E-state index contributed by atoms with van der Waals surface area (Å²) in [5, 5.41) is 13.1. The Hall–Kier alpha value is -3.00. The number of hydrogen-bond donors (Lipinski definition) is 1. The van der Waals surface area contributed by atoms with Crippen LogP contribution in [0.15, 0.2) is 48.5 Å². The van der Waals surface area contributed by atoms with Crippen LogP contribution in [0, 0.1) is 16.7 Å². The molecule has 0 radical (unpaired) electrons. The normalized spacial score (nSPS) is 23.5. The molecule has 0 bridgehead atoms. The van der Waals surface area contributed by atoms with Gasteiger partial charge in [-0.05, 0) is 36.6 Å². The SMILES string of the molecule is COc1cccc(NC(=O)[C@]2(C#N)Cc3ccccc3N3CCC[C@@H]32)c1. The van der Waals surface area contributed by atoms with E-state index in [2.05, 4.69) is 22.4 Å². The highest BCUT2D eigenvalue weighted by molar-refractivity contribution is 5.99. The number of carbonyl (C=O) groups is 1. The van der Waals surface area contributed by atoms with Gasteiger partial charge in [0, 0.05) is 30.4 Å². The van der Waals surface area contributed by atoms with E-state index in [0.29, 0.717) is 17.9 Å². The van der Waals surface area contributed by atoms with E-state index in [1.807, 2.05) is 36.4 Å². The number of amides is 1. The van der Waals surface area contributed by atoms with Gasteiger partial charge in [-0.3, -0.25) is 4.79 Å². The molecule has 1 amide bonds. The highest BCUT2D eigenvalue weighted by Crippen LogP contribution is 2.46. The second kappa shape index (κ2) is 6.38. The first-order chi connectivity index (χ1) is 12.7. The van der Waals surface area contributed by atoms with Crippen LogP contribution in [0.1, 0.15) is 18.4 Å². The average molecular weight is 347 g/mol. The maximum Gasteiger partial charge on any atom is 0.247 e. The molecule has 5 heteroatoms. The van der Waals surface area contributed by atoms with Crippen LogP contribution in [0.3, 0.4) is 0 Å². The van der Waals surface area contributed by atoms with Crippen molar-refractivity contribution in [3.8, 4) is 11.8 Å². The zero-order chi connectivity index (χ0) is 18.1. The molecule has 2 aromatic carbocycles. The second-order valence-electron chi connectivity index (χ2n) is 6.93. The number of ether oxygens (including phenoxy) is 1. The summed E-state index contributed by atoms with van der Waals surface area (Å²) < 4.78 is 5.22. The molecular formula is C21H21N3O2. The molecule has 2 aliphatic rings. The lowest BCUT2D eigenvalue weighted by atomic mass is 9.71. The van der Waals surface area contributed by atoms with Crippen LogP contribution in [0.25, 0.3) is 0 Å². The van der Waals surface area contributed by atoms with Crippen LogP contribution in [0.4, 0.5) is 11.4 Å². The number of nitriles is 1. The minimum absolute atomic E-state index is 0.0898. The zero-order valence-corrected chi connectivity index (χ0v) is 14.7. The van der Waals surface area contributed by atoms with Crippen LogP contribution in [0.2, 0.25) is 0 Å². The van der Waals surface area contributed by atoms with Gasteiger partial charge in [0.1, 0.15) is 5.75 Å². The summed E-state index contributed by atoms with van der Waals surface area (Å²) in [6.07, 6.45) is 2.29. The van der Waals surface area contributed by atoms with Gasteiger partial charge in [-0.25, -0.2) is 0 Å². The minimum Gasteiger partial charge on any atom is -0.497 e. The van der Waals surface area contributed by atoms with Crippen LogP contribution in [0.5, 0.6) is 5.75 Å². The van der Waals surface area contributed by atoms with Crippen molar-refractivity contribution in [2.45, 2.75) is 25.3 Å². The van der Waals surface area contributed by atoms with Gasteiger partial charge >= 0.3 is 0 Å². The highest BCUT2D eigenvalue weighted by atomic mass is 16.5. The van der Waals surface area contributed by atoms with E-state index in [9.17, 15) is 10.1 Å². The molecule has 1 saturated heterocycles. The third kappa shape index (κ3) is 2.50.